The summed E-state index contributed by atoms with van der Waals surface area (Å²) in [6.45, 7) is -0.619. The molecule has 0 saturated heterocycles. The lowest BCUT2D eigenvalue weighted by atomic mass is 9.85. The molecular weight excluding hydrogens is 627 g/mol. The van der Waals surface area contributed by atoms with Crippen molar-refractivity contribution in [2.45, 2.75) is 62.8 Å². The van der Waals surface area contributed by atoms with E-state index in [2.05, 4.69) is 10.3 Å². The van der Waals surface area contributed by atoms with Crippen LogP contribution in [0.5, 0.6) is 5.75 Å². The number of benzene rings is 2. The number of carbonyl (C=O) groups excluding carboxylic acids is 2. The molecule has 246 valence electrons. The molecule has 2 amide bonds. The molecule has 1 unspecified atom stereocenters. The van der Waals surface area contributed by atoms with E-state index >= 15 is 0 Å². The molecule has 1 saturated carbocycles. The summed E-state index contributed by atoms with van der Waals surface area (Å²) in [6.07, 6.45) is -15.0. The van der Waals surface area contributed by atoms with Crippen LogP contribution in [0.1, 0.15) is 53.2 Å². The molecule has 1 atom stereocenters. The molecule has 9 nitrogen and oxygen atoms in total. The summed E-state index contributed by atoms with van der Waals surface area (Å²) in [4.78, 5) is 28.2. The molecule has 0 radical (unpaired) electrons. The van der Waals surface area contributed by atoms with Crippen LogP contribution in [-0.2, 0) is 17.5 Å². The lowest BCUT2D eigenvalue weighted by molar-refractivity contribution is -0.183. The summed E-state index contributed by atoms with van der Waals surface area (Å²) in [6, 6.07) is 1.58. The van der Waals surface area contributed by atoms with Gasteiger partial charge in [-0.3, -0.25) is 9.59 Å². The fourth-order valence-corrected chi connectivity index (χ4v) is 5.22. The lowest BCUT2D eigenvalue weighted by Gasteiger charge is -2.32. The first-order chi connectivity index (χ1) is 20.8. The predicted octanol–water partition coefficient (Wildman–Crippen LogP) is 5.71. The first-order valence-corrected chi connectivity index (χ1v) is 13.3. The van der Waals surface area contributed by atoms with Gasteiger partial charge in [0.2, 0.25) is 11.9 Å². The molecule has 1 aliphatic carbocycles. The number of alkyl halides is 9. The number of fused-ring (bicyclic) bond motifs is 1. The fraction of sp³-hybridized carbons (Fsp3) is 0.444. The zero-order valence-electron chi connectivity index (χ0n) is 23.3. The van der Waals surface area contributed by atoms with Gasteiger partial charge in [-0.1, -0.05) is 6.07 Å². The quantitative estimate of drug-likeness (QED) is 0.230. The minimum Gasteiger partial charge on any atom is -0.496 e. The van der Waals surface area contributed by atoms with Crippen molar-refractivity contribution < 1.29 is 53.8 Å². The first kappa shape index (κ1) is 33.7. The molecule has 0 spiro atoms. The number of nitrogens with one attached hydrogen (secondary N) is 2. The SMILES string of the molecule is COc1cc2c(cc1C(N)=O)nc(Nc1cc(CNC(=O)C(N)C(F)(F)F)ccc1C(F)(F)F)n2C1CCC(C(F)(F)F)CC1. The molecule has 1 aliphatic rings. The molecule has 18 heteroatoms. The number of ether oxygens (including phenoxy) is 1. The minimum atomic E-state index is -5.05. The van der Waals surface area contributed by atoms with Crippen LogP contribution in [0, 0.1) is 5.92 Å². The molecular formula is C27H27F9N6O3. The van der Waals surface area contributed by atoms with Crippen LogP contribution in [0.2, 0.25) is 0 Å². The van der Waals surface area contributed by atoms with Crippen molar-refractivity contribution in [3.63, 3.8) is 0 Å². The van der Waals surface area contributed by atoms with Gasteiger partial charge in [0.15, 0.2) is 6.04 Å². The Kier molecular flexibility index (Phi) is 9.19. The van der Waals surface area contributed by atoms with Crippen molar-refractivity contribution >= 4 is 34.5 Å². The second-order valence-electron chi connectivity index (χ2n) is 10.5. The van der Waals surface area contributed by atoms with Crippen LogP contribution in [-0.4, -0.2) is 46.9 Å². The summed E-state index contributed by atoms with van der Waals surface area (Å²) < 4.78 is 127. The Bertz CT molecular complexity index is 1580. The van der Waals surface area contributed by atoms with Gasteiger partial charge in [-0.25, -0.2) is 4.98 Å². The van der Waals surface area contributed by atoms with E-state index in [0.717, 1.165) is 12.1 Å². The van der Waals surface area contributed by atoms with Gasteiger partial charge in [0.1, 0.15) is 5.75 Å². The number of carbonyl (C=O) groups is 2. The van der Waals surface area contributed by atoms with Crippen LogP contribution in [0.15, 0.2) is 30.3 Å². The molecule has 3 aromatic rings. The van der Waals surface area contributed by atoms with Crippen LogP contribution >= 0.6 is 0 Å². The molecule has 1 heterocycles. The number of methoxy groups -OCH3 is 1. The largest absolute Gasteiger partial charge is 0.496 e. The Hall–Kier alpha value is -4.22. The van der Waals surface area contributed by atoms with Crippen molar-refractivity contribution in [2.75, 3.05) is 12.4 Å². The number of hydrogen-bond acceptors (Lipinski definition) is 6. The van der Waals surface area contributed by atoms with E-state index in [1.807, 2.05) is 5.32 Å². The van der Waals surface area contributed by atoms with Gasteiger partial charge in [-0.05, 0) is 49.4 Å². The highest BCUT2D eigenvalue weighted by Gasteiger charge is 2.43. The number of nitrogens with zero attached hydrogens (tertiary/aromatic N) is 2. The van der Waals surface area contributed by atoms with Gasteiger partial charge in [0.05, 0.1) is 40.9 Å². The van der Waals surface area contributed by atoms with Crippen molar-refractivity contribution in [3.05, 3.63) is 47.0 Å². The van der Waals surface area contributed by atoms with Crippen molar-refractivity contribution in [3.8, 4) is 5.75 Å². The van der Waals surface area contributed by atoms with Crippen LogP contribution in [0.3, 0.4) is 0 Å². The maximum absolute atomic E-state index is 14.0. The van der Waals surface area contributed by atoms with Crippen LogP contribution < -0.4 is 26.8 Å². The van der Waals surface area contributed by atoms with E-state index in [9.17, 15) is 49.1 Å². The summed E-state index contributed by atoms with van der Waals surface area (Å²) in [5.41, 5.74) is 8.63. The van der Waals surface area contributed by atoms with Gasteiger partial charge in [0, 0.05) is 18.7 Å². The van der Waals surface area contributed by atoms with E-state index < -0.39 is 66.1 Å². The highest BCUT2D eigenvalue weighted by Crippen LogP contribution is 2.44. The van der Waals surface area contributed by atoms with E-state index in [4.69, 9.17) is 16.2 Å². The Morgan fingerprint density at radius 3 is 2.20 bits per heavy atom. The average Bonchev–Trinajstić information content (AvgIpc) is 3.29. The van der Waals surface area contributed by atoms with Gasteiger partial charge in [-0.15, -0.1) is 0 Å². The zero-order chi connectivity index (χ0) is 33.5. The fourth-order valence-electron chi connectivity index (χ4n) is 5.22. The topological polar surface area (TPSA) is 137 Å². The highest BCUT2D eigenvalue weighted by molar-refractivity contribution is 6.00. The summed E-state index contributed by atoms with van der Waals surface area (Å²) in [5.74, 6) is -4.30. The van der Waals surface area contributed by atoms with E-state index in [-0.39, 0.29) is 59.5 Å². The third kappa shape index (κ3) is 7.37. The maximum atomic E-state index is 14.0. The Morgan fingerprint density at radius 1 is 1.02 bits per heavy atom. The third-order valence-corrected chi connectivity index (χ3v) is 7.54. The predicted molar refractivity (Wildman–Crippen MR) is 142 cm³/mol. The normalized spacial score (nSPS) is 18.5. The molecule has 45 heavy (non-hydrogen) atoms. The number of imidazole rings is 1. The highest BCUT2D eigenvalue weighted by atomic mass is 19.4. The van der Waals surface area contributed by atoms with Crippen molar-refractivity contribution in [1.82, 2.24) is 14.9 Å². The Labute approximate surface area is 249 Å². The van der Waals surface area contributed by atoms with E-state index in [0.29, 0.717) is 6.07 Å². The standard InChI is InChI=1S/C27H27F9N6O3/c1-45-20-10-19-18(9-15(20)22(38)43)41-24(42(19)14-5-3-13(4-6-14)25(28,29)30)40-17-8-12(2-7-16(17)26(31,32)33)11-39-23(44)21(37)27(34,35)36/h2,7-10,13-14,21H,3-6,11,37H2,1H3,(H2,38,43)(H,39,44)(H,40,41). The van der Waals surface area contributed by atoms with Crippen LogP contribution in [0.25, 0.3) is 11.0 Å². The Balaban J connectivity index is 1.78. The molecule has 0 aliphatic heterocycles. The average molecular weight is 655 g/mol. The smallest absolute Gasteiger partial charge is 0.418 e. The summed E-state index contributed by atoms with van der Waals surface area (Å²) in [5, 5.41) is 4.49. The number of hydrogen-bond donors (Lipinski definition) is 4. The number of amides is 2. The number of primary amides is 1. The molecule has 1 aromatic heterocycles. The number of anilines is 2. The molecule has 0 bridgehead atoms. The number of rotatable bonds is 8. The number of halogens is 9. The number of nitrogens with two attached hydrogens (primary N) is 2. The van der Waals surface area contributed by atoms with Crippen molar-refractivity contribution in [2.24, 2.45) is 17.4 Å². The first-order valence-electron chi connectivity index (χ1n) is 13.3. The summed E-state index contributed by atoms with van der Waals surface area (Å²) >= 11 is 0. The monoisotopic (exact) mass is 654 g/mol. The van der Waals surface area contributed by atoms with Gasteiger partial charge in [-0.2, -0.15) is 39.5 Å². The lowest BCUT2D eigenvalue weighted by Crippen LogP contribution is -2.49. The van der Waals surface area contributed by atoms with E-state index in [1.165, 1.54) is 23.8 Å². The minimum absolute atomic E-state index is 0.00235. The maximum Gasteiger partial charge on any atom is 0.418 e. The second-order valence-corrected chi connectivity index (χ2v) is 10.5. The molecule has 4 rings (SSSR count). The number of aromatic nitrogens is 2. The van der Waals surface area contributed by atoms with Crippen molar-refractivity contribution in [1.29, 1.82) is 0 Å². The van der Waals surface area contributed by atoms with Gasteiger partial charge in [0.25, 0.3) is 5.91 Å². The summed E-state index contributed by atoms with van der Waals surface area (Å²) in [7, 11) is 1.24. The molecule has 1 fully saturated rings. The molecule has 6 N–H and O–H groups in total. The van der Waals surface area contributed by atoms with E-state index in [1.54, 1.807) is 0 Å². The van der Waals surface area contributed by atoms with Crippen LogP contribution in [0.4, 0.5) is 51.1 Å². The van der Waals surface area contributed by atoms with Gasteiger partial charge < -0.3 is 31.4 Å². The zero-order valence-corrected chi connectivity index (χ0v) is 23.3. The Morgan fingerprint density at radius 2 is 1.67 bits per heavy atom. The third-order valence-electron chi connectivity index (χ3n) is 7.54. The molecule has 2 aromatic carbocycles. The van der Waals surface area contributed by atoms with Gasteiger partial charge >= 0.3 is 18.5 Å². The second kappa shape index (κ2) is 12.3.